The zero-order chi connectivity index (χ0) is 35.8. The minimum Gasteiger partial charge on any atom is -0.481 e. The van der Waals surface area contributed by atoms with Crippen molar-refractivity contribution < 1.29 is 52.9 Å². The van der Waals surface area contributed by atoms with E-state index < -0.39 is 23.9 Å². The molecule has 0 unspecified atom stereocenters. The second-order valence-electron chi connectivity index (χ2n) is 11.3. The Balaban J connectivity index is 1.20. The first-order chi connectivity index (χ1) is 24.5. The Morgan fingerprint density at radius 2 is 0.824 bits per heavy atom. The largest absolute Gasteiger partial charge is 0.481 e. The van der Waals surface area contributed by atoms with Crippen molar-refractivity contribution in [3.63, 3.8) is 0 Å². The summed E-state index contributed by atoms with van der Waals surface area (Å²) in [5.41, 5.74) is 2.28. The lowest BCUT2D eigenvalue weighted by Crippen LogP contribution is -1.99. The predicted octanol–water partition coefficient (Wildman–Crippen LogP) is 9.22. The van der Waals surface area contributed by atoms with Crippen LogP contribution in [0.1, 0.15) is 22.3 Å². The number of carbonyl (C=O) groups is 4. The second-order valence-corrected chi connectivity index (χ2v) is 15.5. The summed E-state index contributed by atoms with van der Waals surface area (Å²) in [5, 5.41) is 37.9. The van der Waals surface area contributed by atoms with E-state index >= 15 is 0 Å². The molecule has 0 atom stereocenters. The molecule has 0 aliphatic carbocycles. The van der Waals surface area contributed by atoms with Crippen LogP contribution >= 0.6 is 45.3 Å². The highest BCUT2D eigenvalue weighted by Crippen LogP contribution is 2.47. The molecule has 0 saturated carbocycles. The van der Waals surface area contributed by atoms with Crippen molar-refractivity contribution in [2.45, 2.75) is 25.7 Å². The maximum atomic E-state index is 11.8. The number of furan rings is 3. The van der Waals surface area contributed by atoms with Crippen LogP contribution in [0.3, 0.4) is 0 Å². The lowest BCUT2D eigenvalue weighted by atomic mass is 10.1. The molecule has 0 bridgehead atoms. The molecule has 0 amide bonds. The van der Waals surface area contributed by atoms with E-state index in [-0.39, 0.29) is 25.7 Å². The molecule has 7 aromatic rings. The Hall–Kier alpha value is -5.48. The first-order valence-corrected chi connectivity index (χ1v) is 18.4. The molecule has 7 rings (SSSR count). The number of carboxylic acids is 4. The SMILES string of the molecule is O=C(O)Cc1ccoc1-c1ccc(-c2sc(-c3ccc(-c4cc(CC(=O)O)c(-c5ccc(-c6occc6CC(=O)O)s5)s4)o3)cc2CC(=O)O)s1. The van der Waals surface area contributed by atoms with Crippen LogP contribution in [0.2, 0.25) is 0 Å². The molecular weight excluding hydrogens is 737 g/mol. The molecule has 0 fully saturated rings. The van der Waals surface area contributed by atoms with E-state index in [9.17, 15) is 39.6 Å². The molecule has 0 aliphatic rings. The van der Waals surface area contributed by atoms with Gasteiger partial charge < -0.3 is 33.7 Å². The molecule has 51 heavy (non-hydrogen) atoms. The average molecular weight is 761 g/mol. The molecule has 0 spiro atoms. The minimum absolute atomic E-state index is 0.189. The van der Waals surface area contributed by atoms with E-state index in [0.29, 0.717) is 55.0 Å². The van der Waals surface area contributed by atoms with Gasteiger partial charge in [0, 0.05) is 30.6 Å². The summed E-state index contributed by atoms with van der Waals surface area (Å²) < 4.78 is 17.5. The van der Waals surface area contributed by atoms with Gasteiger partial charge in [0.05, 0.1) is 57.7 Å². The highest BCUT2D eigenvalue weighted by atomic mass is 32.1. The van der Waals surface area contributed by atoms with Crippen molar-refractivity contribution in [3.8, 4) is 62.1 Å². The molecule has 4 N–H and O–H groups in total. The van der Waals surface area contributed by atoms with E-state index in [0.717, 1.165) is 29.3 Å². The normalized spacial score (nSPS) is 11.3. The van der Waals surface area contributed by atoms with Gasteiger partial charge in [-0.1, -0.05) is 0 Å². The Kier molecular flexibility index (Phi) is 9.35. The van der Waals surface area contributed by atoms with Crippen LogP contribution in [0.4, 0.5) is 0 Å². The first-order valence-electron chi connectivity index (χ1n) is 15.1. The third kappa shape index (κ3) is 7.23. The topological polar surface area (TPSA) is 189 Å². The van der Waals surface area contributed by atoms with E-state index in [1.54, 1.807) is 36.4 Å². The van der Waals surface area contributed by atoms with Gasteiger partial charge in [0.25, 0.3) is 0 Å². The summed E-state index contributed by atoms with van der Waals surface area (Å²) in [6.45, 7) is 0. The molecule has 0 aliphatic heterocycles. The number of rotatable bonds is 14. The number of aliphatic carboxylic acids is 4. The van der Waals surface area contributed by atoms with E-state index in [1.165, 1.54) is 57.9 Å². The molecule has 0 radical (unpaired) electrons. The van der Waals surface area contributed by atoms with Gasteiger partial charge in [0.2, 0.25) is 0 Å². The summed E-state index contributed by atoms with van der Waals surface area (Å²) in [6.07, 6.45) is 2.07. The summed E-state index contributed by atoms with van der Waals surface area (Å²) in [4.78, 5) is 52.2. The van der Waals surface area contributed by atoms with Gasteiger partial charge in [-0.15, -0.1) is 45.3 Å². The summed E-state index contributed by atoms with van der Waals surface area (Å²) in [5.74, 6) is -2.00. The fourth-order valence-electron chi connectivity index (χ4n) is 5.58. The van der Waals surface area contributed by atoms with Gasteiger partial charge in [-0.05, 0) is 71.8 Å². The van der Waals surface area contributed by atoms with Gasteiger partial charge in [-0.2, -0.15) is 0 Å². The molecule has 0 saturated heterocycles. The van der Waals surface area contributed by atoms with Crippen LogP contribution in [-0.2, 0) is 44.9 Å². The van der Waals surface area contributed by atoms with E-state index in [4.69, 9.17) is 13.3 Å². The fraction of sp³-hybridized carbons (Fsp3) is 0.111. The van der Waals surface area contributed by atoms with Crippen molar-refractivity contribution in [3.05, 3.63) is 95.4 Å². The van der Waals surface area contributed by atoms with Crippen molar-refractivity contribution in [1.82, 2.24) is 0 Å². The van der Waals surface area contributed by atoms with E-state index in [2.05, 4.69) is 0 Å². The van der Waals surface area contributed by atoms with E-state index in [1.807, 2.05) is 24.3 Å². The summed E-state index contributed by atoms with van der Waals surface area (Å²) >= 11 is 5.48. The van der Waals surface area contributed by atoms with Gasteiger partial charge in [-0.25, -0.2) is 0 Å². The highest BCUT2D eigenvalue weighted by Gasteiger charge is 2.23. The van der Waals surface area contributed by atoms with Crippen molar-refractivity contribution in [2.75, 3.05) is 0 Å². The molecule has 11 nitrogen and oxygen atoms in total. The number of hydrogen-bond acceptors (Lipinski definition) is 11. The average Bonchev–Trinajstić information content (AvgIpc) is 3.89. The maximum absolute atomic E-state index is 11.8. The summed E-state index contributed by atoms with van der Waals surface area (Å²) in [7, 11) is 0. The molecule has 7 aromatic heterocycles. The molecular formula is C36H24O11S4. The first kappa shape index (κ1) is 34.0. The predicted molar refractivity (Wildman–Crippen MR) is 193 cm³/mol. The number of hydrogen-bond donors (Lipinski definition) is 4. The van der Waals surface area contributed by atoms with Crippen molar-refractivity contribution in [2.24, 2.45) is 0 Å². The van der Waals surface area contributed by atoms with Crippen LogP contribution in [-0.4, -0.2) is 44.3 Å². The number of carboxylic acid groups (broad SMARTS) is 4. The zero-order valence-electron chi connectivity index (χ0n) is 26.0. The van der Waals surface area contributed by atoms with Crippen LogP contribution in [0.25, 0.3) is 62.1 Å². The van der Waals surface area contributed by atoms with Crippen molar-refractivity contribution in [1.29, 1.82) is 0 Å². The second kappa shape index (κ2) is 14.0. The third-order valence-electron chi connectivity index (χ3n) is 7.68. The van der Waals surface area contributed by atoms with Crippen LogP contribution in [0, 0.1) is 0 Å². The van der Waals surface area contributed by atoms with Crippen LogP contribution in [0.5, 0.6) is 0 Å². The van der Waals surface area contributed by atoms with Crippen LogP contribution in [0.15, 0.2) is 86.4 Å². The Labute approximate surface area is 303 Å². The lowest BCUT2D eigenvalue weighted by molar-refractivity contribution is -0.137. The number of thiophene rings is 4. The monoisotopic (exact) mass is 760 g/mol. The molecule has 258 valence electrons. The highest BCUT2D eigenvalue weighted by molar-refractivity contribution is 7.26. The van der Waals surface area contributed by atoms with Gasteiger partial charge in [0.1, 0.15) is 23.0 Å². The minimum atomic E-state index is -0.994. The van der Waals surface area contributed by atoms with Crippen LogP contribution < -0.4 is 0 Å². The molecule has 0 aromatic carbocycles. The van der Waals surface area contributed by atoms with Gasteiger partial charge in [-0.3, -0.25) is 19.2 Å². The smallest absolute Gasteiger partial charge is 0.307 e. The molecule has 15 heteroatoms. The van der Waals surface area contributed by atoms with Gasteiger partial charge >= 0.3 is 23.9 Å². The quantitative estimate of drug-likeness (QED) is 0.0827. The Morgan fingerprint density at radius 3 is 1.22 bits per heavy atom. The Morgan fingerprint density at radius 1 is 0.451 bits per heavy atom. The fourth-order valence-corrected chi connectivity index (χ4v) is 10.2. The van der Waals surface area contributed by atoms with Gasteiger partial charge in [0.15, 0.2) is 0 Å². The standard InChI is InChI=1S/C36H24O11S4/c37-29(38)13-17-7-9-45-33(17)23-3-5-25(48-23)35-19(15-31(41)42)11-27(50-35)21-1-2-22(47-21)28-12-20(16-32(43)44)36(51-28)26-6-4-24(49-26)34-18(8-10-46-34)14-30(39)40/h1-12H,13-16H2,(H,37,38)(H,39,40)(H,41,42)(H,43,44). The summed E-state index contributed by atoms with van der Waals surface area (Å²) in [6, 6.07) is 17.7. The third-order valence-corrected chi connectivity index (χ3v) is 12.6. The maximum Gasteiger partial charge on any atom is 0.307 e. The van der Waals surface area contributed by atoms with Crippen molar-refractivity contribution >= 4 is 69.2 Å². The molecule has 7 heterocycles. The lowest BCUT2D eigenvalue weighted by Gasteiger charge is -1.99. The Bertz CT molecular complexity index is 2260. The zero-order valence-corrected chi connectivity index (χ0v) is 29.3.